The van der Waals surface area contributed by atoms with Gasteiger partial charge in [-0.2, -0.15) is 22.0 Å². The molecule has 0 saturated carbocycles. The van der Waals surface area contributed by atoms with Gasteiger partial charge in [-0.05, 0) is 0 Å². The molecule has 0 aliphatic rings. The average Bonchev–Trinajstić information content (AvgIpc) is 2.25. The van der Waals surface area contributed by atoms with Gasteiger partial charge in [-0.15, -0.1) is 0 Å². The van der Waals surface area contributed by atoms with Gasteiger partial charge in [0.2, 0.25) is 0 Å². The van der Waals surface area contributed by atoms with Crippen LogP contribution in [-0.4, -0.2) is 45.8 Å². The maximum atomic E-state index is 12.4. The van der Waals surface area contributed by atoms with Crippen molar-refractivity contribution in [2.75, 3.05) is 6.61 Å². The third-order valence-electron chi connectivity index (χ3n) is 1.74. The highest BCUT2D eigenvalue weighted by Gasteiger charge is 2.58. The molecule has 0 amide bonds. The van der Waals surface area contributed by atoms with E-state index in [2.05, 4.69) is 14.7 Å². The first-order valence-electron chi connectivity index (χ1n) is 4.39. The Morgan fingerprint density at radius 1 is 1.11 bits per heavy atom. The predicted molar refractivity (Wildman–Crippen MR) is 48.4 cm³/mol. The van der Waals surface area contributed by atoms with Gasteiger partial charge in [-0.3, -0.25) is 0 Å². The van der Waals surface area contributed by atoms with E-state index in [4.69, 9.17) is 10.0 Å². The Balaban J connectivity index is 2.64. The first-order valence-corrected chi connectivity index (χ1v) is 4.39. The van der Waals surface area contributed by atoms with Crippen LogP contribution < -0.4 is 10.2 Å². The number of ether oxygens (including phenoxy) is 1. The molecule has 0 unspecified atom stereocenters. The highest BCUT2D eigenvalue weighted by Crippen LogP contribution is 2.35. The van der Waals surface area contributed by atoms with Crippen molar-refractivity contribution >= 4 is 12.6 Å². The molecule has 0 aliphatic carbocycles. The fourth-order valence-electron chi connectivity index (χ4n) is 0.771. The molecule has 0 radical (unpaired) electrons. The molecule has 0 aliphatic heterocycles. The largest absolute Gasteiger partial charge is 0.491 e. The summed E-state index contributed by atoms with van der Waals surface area (Å²) in [6.45, 7) is -1.96. The van der Waals surface area contributed by atoms with Crippen LogP contribution in [0.1, 0.15) is 0 Å². The molecule has 0 fully saturated rings. The number of aromatic nitrogens is 2. The van der Waals surface area contributed by atoms with E-state index in [1.54, 1.807) is 0 Å². The Labute approximate surface area is 97.4 Å². The number of rotatable bonds is 4. The molecular weight excluding hydrogens is 266 g/mol. The van der Waals surface area contributed by atoms with Crippen LogP contribution in [0.25, 0.3) is 0 Å². The summed E-state index contributed by atoms with van der Waals surface area (Å²) in [4.78, 5) is 6.46. The molecule has 0 spiro atoms. The van der Waals surface area contributed by atoms with E-state index in [9.17, 15) is 22.0 Å². The molecule has 1 aromatic heterocycles. The second kappa shape index (κ2) is 5.02. The van der Waals surface area contributed by atoms with Crippen molar-refractivity contribution < 1.29 is 36.7 Å². The Morgan fingerprint density at radius 3 is 2.00 bits per heavy atom. The van der Waals surface area contributed by atoms with Crippen LogP contribution in [0.4, 0.5) is 22.0 Å². The summed E-state index contributed by atoms with van der Waals surface area (Å²) < 4.78 is 64.3. The fourth-order valence-corrected chi connectivity index (χ4v) is 0.771. The lowest BCUT2D eigenvalue weighted by molar-refractivity contribution is -0.290. The van der Waals surface area contributed by atoms with Crippen molar-refractivity contribution in [1.29, 1.82) is 0 Å². The molecule has 1 heterocycles. The van der Waals surface area contributed by atoms with E-state index >= 15 is 0 Å². The van der Waals surface area contributed by atoms with Crippen LogP contribution in [-0.2, 0) is 0 Å². The molecule has 0 saturated heterocycles. The van der Waals surface area contributed by atoms with Gasteiger partial charge < -0.3 is 14.8 Å². The molecule has 0 aromatic carbocycles. The van der Waals surface area contributed by atoms with E-state index in [1.165, 1.54) is 0 Å². The predicted octanol–water partition coefficient (Wildman–Crippen LogP) is -0.267. The van der Waals surface area contributed by atoms with Gasteiger partial charge in [0.05, 0.1) is 0 Å². The number of halogens is 5. The monoisotopic (exact) mass is 272 g/mol. The van der Waals surface area contributed by atoms with Crippen LogP contribution >= 0.6 is 0 Å². The second-order valence-corrected chi connectivity index (χ2v) is 3.16. The summed E-state index contributed by atoms with van der Waals surface area (Å²) in [5.41, 5.74) is -0.162. The summed E-state index contributed by atoms with van der Waals surface area (Å²) >= 11 is 0. The summed E-state index contributed by atoms with van der Waals surface area (Å²) in [5, 5.41) is 17.3. The van der Waals surface area contributed by atoms with E-state index in [-0.39, 0.29) is 5.46 Å². The number of nitrogens with zero attached hydrogens (tertiary/aromatic N) is 2. The maximum Gasteiger partial charge on any atom is 0.491 e. The molecule has 11 heteroatoms. The van der Waals surface area contributed by atoms with Crippen molar-refractivity contribution in [2.24, 2.45) is 0 Å². The third-order valence-corrected chi connectivity index (χ3v) is 1.74. The first-order chi connectivity index (χ1) is 8.13. The zero-order valence-corrected chi connectivity index (χ0v) is 8.53. The van der Waals surface area contributed by atoms with Crippen LogP contribution in [0.15, 0.2) is 12.4 Å². The third kappa shape index (κ3) is 3.50. The number of hydrogen-bond donors (Lipinski definition) is 2. The standard InChI is InChI=1S/C7H6BF5N2O3/c9-6(10,7(11,12)13)3-18-5-14-1-4(2-15-5)8(16)17/h1-2,16-17H,3H2. The van der Waals surface area contributed by atoms with Crippen molar-refractivity contribution in [3.05, 3.63) is 12.4 Å². The quantitative estimate of drug-likeness (QED) is 0.583. The van der Waals surface area contributed by atoms with E-state index < -0.39 is 31.8 Å². The van der Waals surface area contributed by atoms with Gasteiger partial charge in [0, 0.05) is 17.9 Å². The van der Waals surface area contributed by atoms with E-state index in [0.717, 1.165) is 12.4 Å². The average molecular weight is 272 g/mol. The number of alkyl halides is 5. The minimum absolute atomic E-state index is 0.162. The van der Waals surface area contributed by atoms with Crippen LogP contribution in [0.2, 0.25) is 0 Å². The topological polar surface area (TPSA) is 75.5 Å². The van der Waals surface area contributed by atoms with E-state index in [1.807, 2.05) is 0 Å². The first kappa shape index (κ1) is 14.6. The van der Waals surface area contributed by atoms with Gasteiger partial charge in [0.25, 0.3) is 0 Å². The molecular formula is C7H6BF5N2O3. The lowest BCUT2D eigenvalue weighted by Gasteiger charge is -2.18. The second-order valence-electron chi connectivity index (χ2n) is 3.16. The van der Waals surface area contributed by atoms with E-state index in [0.29, 0.717) is 0 Å². The molecule has 18 heavy (non-hydrogen) atoms. The zero-order chi connectivity index (χ0) is 14.0. The van der Waals surface area contributed by atoms with Crippen molar-refractivity contribution in [3.63, 3.8) is 0 Å². The van der Waals surface area contributed by atoms with Gasteiger partial charge in [0.15, 0.2) is 6.61 Å². The molecule has 1 aromatic rings. The smallest absolute Gasteiger partial charge is 0.457 e. The molecule has 0 atom stereocenters. The Morgan fingerprint density at radius 2 is 1.61 bits per heavy atom. The highest BCUT2D eigenvalue weighted by molar-refractivity contribution is 6.58. The molecule has 0 bridgehead atoms. The molecule has 5 nitrogen and oxygen atoms in total. The zero-order valence-electron chi connectivity index (χ0n) is 8.53. The van der Waals surface area contributed by atoms with Crippen LogP contribution in [0, 0.1) is 0 Å². The molecule has 2 N–H and O–H groups in total. The lowest BCUT2D eigenvalue weighted by Crippen LogP contribution is -2.42. The highest BCUT2D eigenvalue weighted by atomic mass is 19.4. The number of hydrogen-bond acceptors (Lipinski definition) is 5. The lowest BCUT2D eigenvalue weighted by atomic mass is 9.83. The maximum absolute atomic E-state index is 12.4. The Hall–Kier alpha value is -1.49. The van der Waals surface area contributed by atoms with Crippen molar-refractivity contribution in [2.45, 2.75) is 12.1 Å². The Bertz CT molecular complexity index is 397. The van der Waals surface area contributed by atoms with Crippen LogP contribution in [0.5, 0.6) is 6.01 Å². The van der Waals surface area contributed by atoms with Crippen LogP contribution in [0.3, 0.4) is 0 Å². The molecule has 1 rings (SSSR count). The van der Waals surface area contributed by atoms with Crippen molar-refractivity contribution in [1.82, 2.24) is 9.97 Å². The fraction of sp³-hybridized carbons (Fsp3) is 0.429. The SMILES string of the molecule is OB(O)c1cnc(OCC(F)(F)C(F)(F)F)nc1. The minimum Gasteiger partial charge on any atom is -0.457 e. The molecule has 100 valence electrons. The summed E-state index contributed by atoms with van der Waals surface area (Å²) in [6, 6.07) is -0.733. The van der Waals surface area contributed by atoms with Crippen molar-refractivity contribution in [3.8, 4) is 6.01 Å². The Kier molecular flexibility index (Phi) is 4.07. The normalized spacial score (nSPS) is 12.4. The summed E-state index contributed by atoms with van der Waals surface area (Å²) in [5.74, 6) is -5.02. The van der Waals surface area contributed by atoms with Gasteiger partial charge in [-0.25, -0.2) is 9.97 Å². The van der Waals surface area contributed by atoms with Gasteiger partial charge in [0.1, 0.15) is 0 Å². The van der Waals surface area contributed by atoms with Gasteiger partial charge in [-0.1, -0.05) is 0 Å². The minimum atomic E-state index is -5.73. The van der Waals surface area contributed by atoms with Gasteiger partial charge >= 0.3 is 25.2 Å². The summed E-state index contributed by atoms with van der Waals surface area (Å²) in [7, 11) is -1.88. The summed E-state index contributed by atoms with van der Waals surface area (Å²) in [6.07, 6.45) is -4.09.